The van der Waals surface area contributed by atoms with Gasteiger partial charge in [0.2, 0.25) is 0 Å². The van der Waals surface area contributed by atoms with E-state index in [4.69, 9.17) is 5.73 Å². The monoisotopic (exact) mass is 192 g/mol. The number of nitrogens with two attached hydrogens (primary N) is 1. The SMILES string of the molecule is Nc1cnc(C(=O)N2CCCC2)cn1. The molecule has 5 heteroatoms. The van der Waals surface area contributed by atoms with Gasteiger partial charge >= 0.3 is 0 Å². The van der Waals surface area contributed by atoms with Gasteiger partial charge in [0.15, 0.2) is 0 Å². The Kier molecular flexibility index (Phi) is 2.30. The molecule has 1 aliphatic heterocycles. The van der Waals surface area contributed by atoms with Crippen molar-refractivity contribution in [1.82, 2.24) is 14.9 Å². The minimum absolute atomic E-state index is 0.0463. The molecule has 0 unspecified atom stereocenters. The fourth-order valence-corrected chi connectivity index (χ4v) is 1.53. The van der Waals surface area contributed by atoms with Gasteiger partial charge in [0.25, 0.3) is 5.91 Å². The van der Waals surface area contributed by atoms with Gasteiger partial charge in [-0.05, 0) is 12.8 Å². The first-order valence-electron chi connectivity index (χ1n) is 4.64. The highest BCUT2D eigenvalue weighted by Gasteiger charge is 2.20. The van der Waals surface area contributed by atoms with Crippen molar-refractivity contribution in [2.75, 3.05) is 18.8 Å². The zero-order valence-electron chi connectivity index (χ0n) is 7.81. The lowest BCUT2D eigenvalue weighted by Crippen LogP contribution is -2.28. The molecule has 14 heavy (non-hydrogen) atoms. The molecule has 5 nitrogen and oxygen atoms in total. The number of carbonyl (C=O) groups is 1. The fraction of sp³-hybridized carbons (Fsp3) is 0.444. The Morgan fingerprint density at radius 1 is 1.29 bits per heavy atom. The number of nitrogen functional groups attached to an aromatic ring is 1. The maximum atomic E-state index is 11.7. The number of aromatic nitrogens is 2. The Hall–Kier alpha value is -1.65. The van der Waals surface area contributed by atoms with Crippen LogP contribution in [0.3, 0.4) is 0 Å². The standard InChI is InChI=1S/C9H12N4O/c10-8-6-11-7(5-12-8)9(14)13-3-1-2-4-13/h5-6H,1-4H2,(H2,10,12). The molecular formula is C9H12N4O. The summed E-state index contributed by atoms with van der Waals surface area (Å²) in [7, 11) is 0. The number of hydrogen-bond acceptors (Lipinski definition) is 4. The Bertz CT molecular complexity index is 329. The molecule has 2 N–H and O–H groups in total. The lowest BCUT2D eigenvalue weighted by atomic mass is 10.4. The van der Waals surface area contributed by atoms with Crippen LogP contribution < -0.4 is 5.73 Å². The maximum Gasteiger partial charge on any atom is 0.274 e. The third-order valence-corrected chi connectivity index (χ3v) is 2.28. The van der Waals surface area contributed by atoms with Gasteiger partial charge in [-0.2, -0.15) is 0 Å². The van der Waals surface area contributed by atoms with E-state index in [1.165, 1.54) is 12.4 Å². The second kappa shape index (κ2) is 3.61. The van der Waals surface area contributed by atoms with Crippen LogP contribution in [-0.2, 0) is 0 Å². The number of likely N-dealkylation sites (tertiary alicyclic amines) is 1. The summed E-state index contributed by atoms with van der Waals surface area (Å²) in [6.07, 6.45) is 4.99. The number of anilines is 1. The van der Waals surface area contributed by atoms with E-state index in [-0.39, 0.29) is 5.91 Å². The van der Waals surface area contributed by atoms with E-state index >= 15 is 0 Å². The molecule has 74 valence electrons. The minimum atomic E-state index is -0.0463. The number of nitrogens with zero attached hydrogens (tertiary/aromatic N) is 3. The lowest BCUT2D eigenvalue weighted by molar-refractivity contribution is 0.0786. The molecule has 1 amide bonds. The van der Waals surface area contributed by atoms with Gasteiger partial charge in [0, 0.05) is 13.1 Å². The quantitative estimate of drug-likeness (QED) is 0.694. The molecule has 0 radical (unpaired) electrons. The number of carbonyl (C=O) groups excluding carboxylic acids is 1. The van der Waals surface area contributed by atoms with Crippen LogP contribution in [0.15, 0.2) is 12.4 Å². The molecular weight excluding hydrogens is 180 g/mol. The average molecular weight is 192 g/mol. The molecule has 2 rings (SSSR count). The number of amides is 1. The van der Waals surface area contributed by atoms with Crippen LogP contribution in [0.1, 0.15) is 23.3 Å². The summed E-state index contributed by atoms with van der Waals surface area (Å²) in [5, 5.41) is 0. The second-order valence-corrected chi connectivity index (χ2v) is 3.33. The molecule has 1 aliphatic rings. The van der Waals surface area contributed by atoms with Gasteiger partial charge in [0.1, 0.15) is 11.5 Å². The molecule has 0 bridgehead atoms. The Morgan fingerprint density at radius 3 is 2.57 bits per heavy atom. The maximum absolute atomic E-state index is 11.7. The first-order chi connectivity index (χ1) is 6.77. The molecule has 1 fully saturated rings. The molecule has 1 aromatic rings. The van der Waals surface area contributed by atoms with Crippen LogP contribution in [0, 0.1) is 0 Å². The van der Waals surface area contributed by atoms with E-state index < -0.39 is 0 Å². The highest BCUT2D eigenvalue weighted by atomic mass is 16.2. The third-order valence-electron chi connectivity index (χ3n) is 2.28. The molecule has 1 saturated heterocycles. The van der Waals surface area contributed by atoms with Gasteiger partial charge < -0.3 is 10.6 Å². The second-order valence-electron chi connectivity index (χ2n) is 3.33. The summed E-state index contributed by atoms with van der Waals surface area (Å²) in [6.45, 7) is 1.65. The van der Waals surface area contributed by atoms with Gasteiger partial charge in [-0.3, -0.25) is 4.79 Å². The van der Waals surface area contributed by atoms with Crippen molar-refractivity contribution in [3.05, 3.63) is 18.1 Å². The van der Waals surface area contributed by atoms with Crippen molar-refractivity contribution in [2.45, 2.75) is 12.8 Å². The predicted octanol–water partition coefficient (Wildman–Crippen LogP) is 0.295. The zero-order valence-corrected chi connectivity index (χ0v) is 7.81. The van der Waals surface area contributed by atoms with Crippen LogP contribution in [-0.4, -0.2) is 33.9 Å². The lowest BCUT2D eigenvalue weighted by Gasteiger charge is -2.13. The van der Waals surface area contributed by atoms with E-state index in [0.717, 1.165) is 25.9 Å². The predicted molar refractivity (Wildman–Crippen MR) is 51.6 cm³/mol. The van der Waals surface area contributed by atoms with Gasteiger partial charge in [-0.1, -0.05) is 0 Å². The molecule has 0 aromatic carbocycles. The normalized spacial score (nSPS) is 15.9. The van der Waals surface area contributed by atoms with E-state index in [9.17, 15) is 4.79 Å². The van der Waals surface area contributed by atoms with Crippen LogP contribution in [0.25, 0.3) is 0 Å². The molecule has 0 spiro atoms. The third kappa shape index (κ3) is 1.66. The molecule has 0 aliphatic carbocycles. The molecule has 0 atom stereocenters. The van der Waals surface area contributed by atoms with E-state index in [1.54, 1.807) is 4.90 Å². The van der Waals surface area contributed by atoms with Crippen molar-refractivity contribution in [3.63, 3.8) is 0 Å². The molecule has 2 heterocycles. The number of rotatable bonds is 1. The van der Waals surface area contributed by atoms with Crippen molar-refractivity contribution in [3.8, 4) is 0 Å². The minimum Gasteiger partial charge on any atom is -0.382 e. The highest BCUT2D eigenvalue weighted by Crippen LogP contribution is 2.10. The van der Waals surface area contributed by atoms with Crippen LogP contribution in [0.2, 0.25) is 0 Å². The van der Waals surface area contributed by atoms with E-state index in [0.29, 0.717) is 11.5 Å². The number of hydrogen-bond donors (Lipinski definition) is 1. The van der Waals surface area contributed by atoms with E-state index in [1.807, 2.05) is 0 Å². The summed E-state index contributed by atoms with van der Waals surface area (Å²) in [6, 6.07) is 0. The molecule has 1 aromatic heterocycles. The van der Waals surface area contributed by atoms with E-state index in [2.05, 4.69) is 9.97 Å². The zero-order chi connectivity index (χ0) is 9.97. The van der Waals surface area contributed by atoms with Crippen LogP contribution in [0.5, 0.6) is 0 Å². The fourth-order valence-electron chi connectivity index (χ4n) is 1.53. The van der Waals surface area contributed by atoms with Gasteiger partial charge in [-0.15, -0.1) is 0 Å². The smallest absolute Gasteiger partial charge is 0.274 e. The first kappa shape index (κ1) is 8.93. The van der Waals surface area contributed by atoms with Crippen molar-refractivity contribution < 1.29 is 4.79 Å². The van der Waals surface area contributed by atoms with Crippen molar-refractivity contribution in [2.24, 2.45) is 0 Å². The van der Waals surface area contributed by atoms with Crippen LogP contribution in [0.4, 0.5) is 5.82 Å². The Morgan fingerprint density at radius 2 is 2.00 bits per heavy atom. The summed E-state index contributed by atoms with van der Waals surface area (Å²) in [4.78, 5) is 21.3. The largest absolute Gasteiger partial charge is 0.382 e. The van der Waals surface area contributed by atoms with Crippen molar-refractivity contribution >= 4 is 11.7 Å². The summed E-state index contributed by atoms with van der Waals surface area (Å²) in [5.74, 6) is 0.290. The topological polar surface area (TPSA) is 72.1 Å². The Labute approximate surface area is 82.0 Å². The highest BCUT2D eigenvalue weighted by molar-refractivity contribution is 5.92. The average Bonchev–Trinajstić information content (AvgIpc) is 2.71. The summed E-state index contributed by atoms with van der Waals surface area (Å²) >= 11 is 0. The van der Waals surface area contributed by atoms with Gasteiger partial charge in [-0.25, -0.2) is 9.97 Å². The summed E-state index contributed by atoms with van der Waals surface area (Å²) in [5.41, 5.74) is 5.76. The first-order valence-corrected chi connectivity index (χ1v) is 4.64. The van der Waals surface area contributed by atoms with Gasteiger partial charge in [0.05, 0.1) is 12.4 Å². The van der Waals surface area contributed by atoms with Crippen LogP contribution >= 0.6 is 0 Å². The van der Waals surface area contributed by atoms with Crippen molar-refractivity contribution in [1.29, 1.82) is 0 Å². The molecule has 0 saturated carbocycles. The summed E-state index contributed by atoms with van der Waals surface area (Å²) < 4.78 is 0. The Balaban J connectivity index is 2.14.